The molecule has 9 nitrogen and oxygen atoms in total. The highest BCUT2D eigenvalue weighted by Crippen LogP contribution is 2.39. The fourth-order valence-electron chi connectivity index (χ4n) is 3.60. The molecule has 4 heterocycles. The summed E-state index contributed by atoms with van der Waals surface area (Å²) in [7, 11) is 0. The molecule has 168 valence electrons. The van der Waals surface area contributed by atoms with Crippen molar-refractivity contribution in [3.05, 3.63) is 65.8 Å². The first-order valence-electron chi connectivity index (χ1n) is 10.7. The third kappa shape index (κ3) is 4.24. The van der Waals surface area contributed by atoms with Crippen LogP contribution in [0.1, 0.15) is 47.3 Å². The van der Waals surface area contributed by atoms with Crippen molar-refractivity contribution in [2.45, 2.75) is 31.7 Å². The van der Waals surface area contributed by atoms with Gasteiger partial charge in [-0.05, 0) is 44.0 Å². The number of nitrogens with zero attached hydrogens (tertiary/aromatic N) is 4. The van der Waals surface area contributed by atoms with Crippen molar-refractivity contribution in [3.63, 3.8) is 0 Å². The second-order valence-electron chi connectivity index (χ2n) is 8.11. The van der Waals surface area contributed by atoms with E-state index >= 15 is 0 Å². The Labute approximate surface area is 188 Å². The van der Waals surface area contributed by atoms with Gasteiger partial charge in [0.15, 0.2) is 5.78 Å². The Morgan fingerprint density at radius 2 is 2.06 bits per heavy atom. The van der Waals surface area contributed by atoms with Gasteiger partial charge in [-0.25, -0.2) is 15.0 Å². The minimum Gasteiger partial charge on any atom is -0.394 e. The fraction of sp³-hybridized carbons (Fsp3) is 0.261. The number of ketones is 1. The van der Waals surface area contributed by atoms with Crippen molar-refractivity contribution in [2.75, 3.05) is 17.2 Å². The Bertz CT molecular complexity index is 1320. The number of carbonyl (C=O) groups is 1. The van der Waals surface area contributed by atoms with E-state index < -0.39 is 11.7 Å². The van der Waals surface area contributed by atoms with Crippen LogP contribution in [0, 0.1) is 5.95 Å². The van der Waals surface area contributed by atoms with E-state index in [-0.39, 0.29) is 29.6 Å². The van der Waals surface area contributed by atoms with Crippen molar-refractivity contribution in [1.82, 2.24) is 24.9 Å². The van der Waals surface area contributed by atoms with E-state index in [1.807, 2.05) is 12.1 Å². The van der Waals surface area contributed by atoms with Gasteiger partial charge in [-0.1, -0.05) is 0 Å². The minimum absolute atomic E-state index is 0.120. The molecule has 1 aliphatic rings. The van der Waals surface area contributed by atoms with Gasteiger partial charge in [-0.15, -0.1) is 0 Å². The highest BCUT2D eigenvalue weighted by atomic mass is 19.1. The number of aromatic nitrogens is 5. The van der Waals surface area contributed by atoms with Gasteiger partial charge >= 0.3 is 0 Å². The lowest BCUT2D eigenvalue weighted by Gasteiger charge is -2.12. The molecule has 1 fully saturated rings. The molecule has 4 aromatic heterocycles. The summed E-state index contributed by atoms with van der Waals surface area (Å²) in [6, 6.07) is 6.48. The standard InChI is InChI=1S/C23H22FN7O2/c1-12(10-32)29-23-19-16(9-26-22(19)27-11-28-23)20(33)15-5-7-18(31-21(15)24)30-14-4-6-17(25-8-14)13-2-3-13/h4-9,11-13,32H,2-3,10H2,1H3,(H,30,31)(H2,26,27,28,29)/t12-/m1/s1. The molecule has 0 saturated heterocycles. The Hall–Kier alpha value is -3.92. The van der Waals surface area contributed by atoms with Crippen LogP contribution in [0.25, 0.3) is 11.0 Å². The molecule has 0 radical (unpaired) electrons. The lowest BCUT2D eigenvalue weighted by atomic mass is 10.0. The number of aliphatic hydroxyl groups is 1. The number of H-pyrrole nitrogens is 1. The van der Waals surface area contributed by atoms with Gasteiger partial charge in [0.25, 0.3) is 0 Å². The van der Waals surface area contributed by atoms with Crippen LogP contribution in [0.15, 0.2) is 43.0 Å². The molecule has 0 spiro atoms. The number of fused-ring (bicyclic) bond motifs is 1. The van der Waals surface area contributed by atoms with E-state index in [1.54, 1.807) is 19.2 Å². The Balaban J connectivity index is 1.40. The van der Waals surface area contributed by atoms with Crippen molar-refractivity contribution in [3.8, 4) is 0 Å². The van der Waals surface area contributed by atoms with Crippen LogP contribution in [0.4, 0.5) is 21.7 Å². The maximum absolute atomic E-state index is 14.9. The highest BCUT2D eigenvalue weighted by Gasteiger charge is 2.25. The third-order valence-corrected chi connectivity index (χ3v) is 5.52. The Morgan fingerprint density at radius 1 is 1.21 bits per heavy atom. The smallest absolute Gasteiger partial charge is 0.226 e. The molecular formula is C23H22FN7O2. The molecule has 0 bridgehead atoms. The van der Waals surface area contributed by atoms with Crippen LogP contribution >= 0.6 is 0 Å². The Kier molecular flexibility index (Phi) is 5.43. The number of halogens is 1. The summed E-state index contributed by atoms with van der Waals surface area (Å²) in [5.41, 5.74) is 2.21. The van der Waals surface area contributed by atoms with Crippen LogP contribution in [-0.4, -0.2) is 48.5 Å². The molecule has 0 unspecified atom stereocenters. The summed E-state index contributed by atoms with van der Waals surface area (Å²) >= 11 is 0. The molecule has 33 heavy (non-hydrogen) atoms. The number of hydrogen-bond donors (Lipinski definition) is 4. The Morgan fingerprint density at radius 3 is 2.76 bits per heavy atom. The largest absolute Gasteiger partial charge is 0.394 e. The van der Waals surface area contributed by atoms with E-state index in [0.29, 0.717) is 28.5 Å². The number of anilines is 3. The average molecular weight is 447 g/mol. The van der Waals surface area contributed by atoms with Crippen LogP contribution in [0.3, 0.4) is 0 Å². The molecule has 0 amide bonds. The number of rotatable bonds is 8. The summed E-state index contributed by atoms with van der Waals surface area (Å²) < 4.78 is 14.9. The summed E-state index contributed by atoms with van der Waals surface area (Å²) in [5.74, 6) is -0.247. The van der Waals surface area contributed by atoms with Crippen molar-refractivity contribution in [1.29, 1.82) is 0 Å². The quantitative estimate of drug-likeness (QED) is 0.239. The van der Waals surface area contributed by atoms with Gasteiger partial charge in [-0.2, -0.15) is 4.39 Å². The number of carbonyl (C=O) groups excluding carboxylic acids is 1. The number of aromatic amines is 1. The number of pyridine rings is 2. The molecule has 1 saturated carbocycles. The summed E-state index contributed by atoms with van der Waals surface area (Å²) in [6.07, 6.45) is 6.84. The van der Waals surface area contributed by atoms with Gasteiger partial charge in [0.05, 0.1) is 35.0 Å². The van der Waals surface area contributed by atoms with Gasteiger partial charge in [0, 0.05) is 23.9 Å². The highest BCUT2D eigenvalue weighted by molar-refractivity contribution is 6.18. The van der Waals surface area contributed by atoms with Gasteiger partial charge in [0.1, 0.15) is 23.6 Å². The normalized spacial score (nSPS) is 14.3. The number of nitrogens with one attached hydrogen (secondary N) is 3. The third-order valence-electron chi connectivity index (χ3n) is 5.52. The average Bonchev–Trinajstić information content (AvgIpc) is 3.58. The first-order chi connectivity index (χ1) is 16.0. The molecule has 4 N–H and O–H groups in total. The fourth-order valence-corrected chi connectivity index (χ4v) is 3.60. The van der Waals surface area contributed by atoms with Crippen LogP contribution in [0.2, 0.25) is 0 Å². The van der Waals surface area contributed by atoms with E-state index in [4.69, 9.17) is 0 Å². The van der Waals surface area contributed by atoms with Crippen molar-refractivity contribution in [2.24, 2.45) is 0 Å². The first-order valence-corrected chi connectivity index (χ1v) is 10.7. The zero-order valence-electron chi connectivity index (χ0n) is 17.8. The lowest BCUT2D eigenvalue weighted by molar-refractivity contribution is 0.103. The molecule has 0 aliphatic heterocycles. The summed E-state index contributed by atoms with van der Waals surface area (Å²) in [4.78, 5) is 32.7. The van der Waals surface area contributed by atoms with Crippen LogP contribution in [0.5, 0.6) is 0 Å². The molecule has 1 aliphatic carbocycles. The second-order valence-corrected chi connectivity index (χ2v) is 8.11. The topological polar surface area (TPSA) is 129 Å². The molecular weight excluding hydrogens is 425 g/mol. The van der Waals surface area contributed by atoms with Gasteiger partial charge in [0.2, 0.25) is 5.95 Å². The second kappa shape index (κ2) is 8.55. The van der Waals surface area contributed by atoms with E-state index in [0.717, 1.165) is 5.69 Å². The SMILES string of the molecule is C[C@H](CO)Nc1ncnc2[nH]cc(C(=O)c3ccc(Nc4ccc(C5CC5)nc4)nc3F)c12. The maximum Gasteiger partial charge on any atom is 0.226 e. The molecule has 0 aromatic carbocycles. The number of hydrogen-bond acceptors (Lipinski definition) is 8. The van der Waals surface area contributed by atoms with Crippen LogP contribution < -0.4 is 10.6 Å². The summed E-state index contributed by atoms with van der Waals surface area (Å²) in [6.45, 7) is 1.65. The molecule has 4 aromatic rings. The van der Waals surface area contributed by atoms with Gasteiger partial charge < -0.3 is 20.7 Å². The maximum atomic E-state index is 14.9. The van der Waals surface area contributed by atoms with Crippen molar-refractivity contribution < 1.29 is 14.3 Å². The molecule has 10 heteroatoms. The molecule has 1 atom stereocenters. The predicted octanol–water partition coefficient (Wildman–Crippen LogP) is 3.53. The monoisotopic (exact) mass is 447 g/mol. The molecule has 5 rings (SSSR count). The van der Waals surface area contributed by atoms with E-state index in [2.05, 4.69) is 35.6 Å². The van der Waals surface area contributed by atoms with Crippen LogP contribution in [-0.2, 0) is 0 Å². The zero-order chi connectivity index (χ0) is 22.9. The predicted molar refractivity (Wildman–Crippen MR) is 121 cm³/mol. The van der Waals surface area contributed by atoms with Gasteiger partial charge in [-0.3, -0.25) is 9.78 Å². The minimum atomic E-state index is -0.892. The van der Waals surface area contributed by atoms with Crippen molar-refractivity contribution >= 4 is 34.1 Å². The summed E-state index contributed by atoms with van der Waals surface area (Å²) in [5, 5.41) is 15.8. The van der Waals surface area contributed by atoms with E-state index in [9.17, 15) is 14.3 Å². The first kappa shape index (κ1) is 21.0. The van der Waals surface area contributed by atoms with E-state index in [1.165, 1.54) is 31.4 Å². The lowest BCUT2D eigenvalue weighted by Crippen LogP contribution is -2.20. The zero-order valence-corrected chi connectivity index (χ0v) is 17.8. The number of aliphatic hydroxyl groups excluding tert-OH is 1.